The molecule has 3 aromatic heterocycles. The molecule has 3 rings (SSSR count). The van der Waals surface area contributed by atoms with Gasteiger partial charge in [0.05, 0.1) is 29.5 Å². The van der Waals surface area contributed by atoms with Gasteiger partial charge in [-0.05, 0) is 30.0 Å². The second-order valence-corrected chi connectivity index (χ2v) is 5.83. The summed E-state index contributed by atoms with van der Waals surface area (Å²) in [6.07, 6.45) is 3.31. The maximum absolute atomic E-state index is 12.1. The summed E-state index contributed by atoms with van der Waals surface area (Å²) in [5.74, 6) is -0.232. The number of ether oxygens (including phenoxy) is 1. The summed E-state index contributed by atoms with van der Waals surface area (Å²) in [6, 6.07) is 5.01. The minimum Gasteiger partial charge on any atom is -0.461 e. The van der Waals surface area contributed by atoms with Gasteiger partial charge in [-0.25, -0.2) is 14.8 Å². The molecule has 124 valence electrons. The number of pyridine rings is 1. The number of fused-ring (bicyclic) bond motifs is 1. The van der Waals surface area contributed by atoms with Crippen molar-refractivity contribution in [1.29, 1.82) is 0 Å². The Bertz CT molecular complexity index is 838. The van der Waals surface area contributed by atoms with Crippen molar-refractivity contribution in [2.75, 3.05) is 18.5 Å². The Morgan fingerprint density at radius 1 is 1.42 bits per heavy atom. The first kappa shape index (κ1) is 16.3. The van der Waals surface area contributed by atoms with Gasteiger partial charge in [0.15, 0.2) is 5.69 Å². The fourth-order valence-electron chi connectivity index (χ4n) is 2.24. The second-order valence-electron chi connectivity index (χ2n) is 4.92. The predicted molar refractivity (Wildman–Crippen MR) is 91.1 cm³/mol. The Morgan fingerprint density at radius 2 is 2.29 bits per heavy atom. The average Bonchev–Trinajstić information content (AvgIpc) is 3.08. The number of anilines is 1. The zero-order valence-electron chi connectivity index (χ0n) is 13.0. The average molecular weight is 344 g/mol. The van der Waals surface area contributed by atoms with Gasteiger partial charge in [0.25, 0.3) is 0 Å². The summed E-state index contributed by atoms with van der Waals surface area (Å²) < 4.78 is 5.75. The van der Waals surface area contributed by atoms with Crippen molar-refractivity contribution in [3.05, 3.63) is 47.2 Å². The Balaban J connectivity index is 1.95. The maximum atomic E-state index is 12.1. The summed E-state index contributed by atoms with van der Waals surface area (Å²) in [5, 5.41) is 14.5. The molecule has 0 fully saturated rings. The van der Waals surface area contributed by atoms with Crippen molar-refractivity contribution in [2.24, 2.45) is 0 Å². The molecule has 0 saturated heterocycles. The smallest absolute Gasteiger partial charge is 0.358 e. The van der Waals surface area contributed by atoms with Crippen LogP contribution >= 0.6 is 11.3 Å². The number of esters is 1. The number of carbonyl (C=O) groups excluding carboxylic acids is 1. The van der Waals surface area contributed by atoms with E-state index in [1.807, 2.05) is 17.5 Å². The number of hydrogen-bond donors (Lipinski definition) is 2. The van der Waals surface area contributed by atoms with E-state index in [-0.39, 0.29) is 24.9 Å². The molecule has 0 aliphatic heterocycles. The van der Waals surface area contributed by atoms with Crippen molar-refractivity contribution in [3.8, 4) is 0 Å². The van der Waals surface area contributed by atoms with Crippen molar-refractivity contribution in [2.45, 2.75) is 13.0 Å². The number of carbonyl (C=O) groups is 1. The molecule has 0 aliphatic rings. The Kier molecular flexibility index (Phi) is 4.97. The number of thiophene rings is 1. The lowest BCUT2D eigenvalue weighted by molar-refractivity contribution is 0.0522. The van der Waals surface area contributed by atoms with Gasteiger partial charge < -0.3 is 15.2 Å². The summed E-state index contributed by atoms with van der Waals surface area (Å²) >= 11 is 1.38. The number of aliphatic hydroxyl groups excluding tert-OH is 1. The van der Waals surface area contributed by atoms with E-state index in [1.165, 1.54) is 11.3 Å². The Labute approximate surface area is 142 Å². The van der Waals surface area contributed by atoms with E-state index >= 15 is 0 Å². The Hall–Kier alpha value is -2.58. The predicted octanol–water partition coefficient (Wildman–Crippen LogP) is 2.41. The van der Waals surface area contributed by atoms with Gasteiger partial charge in [-0.2, -0.15) is 0 Å². The fraction of sp³-hybridized carbons (Fsp3) is 0.250. The van der Waals surface area contributed by atoms with Gasteiger partial charge >= 0.3 is 5.97 Å². The quantitative estimate of drug-likeness (QED) is 0.663. The largest absolute Gasteiger partial charge is 0.461 e. The highest BCUT2D eigenvalue weighted by atomic mass is 32.1. The van der Waals surface area contributed by atoms with E-state index in [0.29, 0.717) is 10.2 Å². The van der Waals surface area contributed by atoms with Gasteiger partial charge in [0.2, 0.25) is 5.95 Å². The summed E-state index contributed by atoms with van der Waals surface area (Å²) in [6.45, 7) is 1.85. The highest BCUT2D eigenvalue weighted by Gasteiger charge is 2.19. The molecule has 3 heterocycles. The summed E-state index contributed by atoms with van der Waals surface area (Å²) in [4.78, 5) is 24.9. The molecular formula is C16H16N4O3S. The first-order valence-electron chi connectivity index (χ1n) is 7.42. The van der Waals surface area contributed by atoms with Crippen molar-refractivity contribution in [3.63, 3.8) is 0 Å². The fourth-order valence-corrected chi connectivity index (χ4v) is 3.05. The number of nitrogens with zero attached hydrogens (tertiary/aromatic N) is 3. The summed E-state index contributed by atoms with van der Waals surface area (Å²) in [5.41, 5.74) is 1.68. The molecule has 2 N–H and O–H groups in total. The summed E-state index contributed by atoms with van der Waals surface area (Å²) in [7, 11) is 0. The molecule has 1 atom stereocenters. The van der Waals surface area contributed by atoms with Crippen LogP contribution in [0.1, 0.15) is 29.0 Å². The van der Waals surface area contributed by atoms with Crippen molar-refractivity contribution >= 4 is 33.5 Å². The van der Waals surface area contributed by atoms with Crippen LogP contribution in [0.25, 0.3) is 10.2 Å². The van der Waals surface area contributed by atoms with Crippen LogP contribution in [0, 0.1) is 0 Å². The minimum atomic E-state index is -0.489. The number of rotatable bonds is 6. The monoisotopic (exact) mass is 344 g/mol. The second kappa shape index (κ2) is 7.33. The van der Waals surface area contributed by atoms with Gasteiger partial charge in [0, 0.05) is 12.4 Å². The van der Waals surface area contributed by atoms with Gasteiger partial charge in [-0.15, -0.1) is 11.3 Å². The zero-order chi connectivity index (χ0) is 16.9. The van der Waals surface area contributed by atoms with E-state index < -0.39 is 12.0 Å². The van der Waals surface area contributed by atoms with Crippen LogP contribution in [0.3, 0.4) is 0 Å². The lowest BCUT2D eigenvalue weighted by Crippen LogP contribution is -2.18. The van der Waals surface area contributed by atoms with Crippen LogP contribution in [-0.2, 0) is 4.74 Å². The lowest BCUT2D eigenvalue weighted by atomic mass is 10.1. The third kappa shape index (κ3) is 3.34. The molecule has 3 aromatic rings. The molecule has 0 aliphatic carbocycles. The minimum absolute atomic E-state index is 0.161. The van der Waals surface area contributed by atoms with Gasteiger partial charge in [-0.3, -0.25) is 4.98 Å². The van der Waals surface area contributed by atoms with Crippen LogP contribution in [0.2, 0.25) is 0 Å². The molecule has 0 saturated carbocycles. The SMILES string of the molecule is CCOC(=O)c1nc(NC(CO)c2cccnc2)nc2ccsc12. The molecule has 0 radical (unpaired) electrons. The normalized spacial score (nSPS) is 12.1. The molecule has 0 amide bonds. The molecule has 0 bridgehead atoms. The van der Waals surface area contributed by atoms with Gasteiger partial charge in [-0.1, -0.05) is 6.07 Å². The zero-order valence-corrected chi connectivity index (χ0v) is 13.8. The van der Waals surface area contributed by atoms with Crippen LogP contribution in [0.15, 0.2) is 36.0 Å². The van der Waals surface area contributed by atoms with Crippen LogP contribution in [0.4, 0.5) is 5.95 Å². The molecular weight excluding hydrogens is 328 g/mol. The van der Waals surface area contributed by atoms with Crippen molar-refractivity contribution < 1.29 is 14.6 Å². The third-order valence-electron chi connectivity index (χ3n) is 3.35. The number of nitrogens with one attached hydrogen (secondary N) is 1. The standard InChI is InChI=1S/C16H16N4O3S/c1-2-23-15(22)13-14-11(5-7-24-14)18-16(20-13)19-12(9-21)10-4-3-6-17-8-10/h3-8,12,21H,2,9H2,1H3,(H,18,19,20). The van der Waals surface area contributed by atoms with E-state index in [4.69, 9.17) is 4.74 Å². The molecule has 0 spiro atoms. The lowest BCUT2D eigenvalue weighted by Gasteiger charge is -2.16. The number of hydrogen-bond acceptors (Lipinski definition) is 8. The van der Waals surface area contributed by atoms with E-state index in [0.717, 1.165) is 5.56 Å². The first-order chi connectivity index (χ1) is 11.7. The molecule has 24 heavy (non-hydrogen) atoms. The maximum Gasteiger partial charge on any atom is 0.358 e. The van der Waals surface area contributed by atoms with Crippen LogP contribution in [-0.4, -0.2) is 39.2 Å². The molecule has 0 aromatic carbocycles. The molecule has 1 unspecified atom stereocenters. The first-order valence-corrected chi connectivity index (χ1v) is 8.30. The third-order valence-corrected chi connectivity index (χ3v) is 4.26. The van der Waals surface area contributed by atoms with E-state index in [1.54, 1.807) is 25.4 Å². The van der Waals surface area contributed by atoms with Gasteiger partial charge in [0.1, 0.15) is 0 Å². The van der Waals surface area contributed by atoms with Crippen molar-refractivity contribution in [1.82, 2.24) is 15.0 Å². The van der Waals surface area contributed by atoms with E-state index in [9.17, 15) is 9.90 Å². The highest BCUT2D eigenvalue weighted by Crippen LogP contribution is 2.25. The highest BCUT2D eigenvalue weighted by molar-refractivity contribution is 7.17. The topological polar surface area (TPSA) is 97.2 Å². The number of aromatic nitrogens is 3. The molecule has 8 heteroatoms. The number of aliphatic hydroxyl groups is 1. The Morgan fingerprint density at radius 3 is 3.00 bits per heavy atom. The van der Waals surface area contributed by atoms with Crippen LogP contribution < -0.4 is 5.32 Å². The van der Waals surface area contributed by atoms with E-state index in [2.05, 4.69) is 20.3 Å². The van der Waals surface area contributed by atoms with Crippen LogP contribution in [0.5, 0.6) is 0 Å². The molecule has 7 nitrogen and oxygen atoms in total.